The average Bonchev–Trinajstić information content (AvgIpc) is 2.75. The van der Waals surface area contributed by atoms with E-state index in [2.05, 4.69) is 5.32 Å². The van der Waals surface area contributed by atoms with Crippen LogP contribution in [0.15, 0.2) is 77.7 Å². The van der Waals surface area contributed by atoms with Crippen molar-refractivity contribution in [1.82, 2.24) is 0 Å². The molecule has 0 aromatic heterocycles. The molecule has 3 rings (SSSR count). The van der Waals surface area contributed by atoms with Gasteiger partial charge >= 0.3 is 0 Å². The third-order valence-electron chi connectivity index (χ3n) is 4.52. The highest BCUT2D eigenvalue weighted by molar-refractivity contribution is 7.92. The smallest absolute Gasteiger partial charge is 0.264 e. The topological polar surface area (TPSA) is 66.5 Å². The van der Waals surface area contributed by atoms with E-state index in [1.165, 1.54) is 31.3 Å². The van der Waals surface area contributed by atoms with Crippen LogP contribution >= 0.6 is 0 Å². The Balaban J connectivity index is 1.68. The van der Waals surface area contributed by atoms with Crippen molar-refractivity contribution in [3.8, 4) is 0 Å². The van der Waals surface area contributed by atoms with E-state index in [0.717, 1.165) is 16.4 Å². The Morgan fingerprint density at radius 3 is 2.37 bits per heavy atom. The summed E-state index contributed by atoms with van der Waals surface area (Å²) in [7, 11) is -2.35. The monoisotopic (exact) mass is 430 g/mol. The standard InChI is InChI=1S/C22H20F2N2O3S/c1-26(18-7-3-2-4-8-18)30(28,29)19-9-5-6-17(15-19)25-22(27)13-11-16-10-12-20(23)21(24)14-16/h2-10,12,14-15H,11,13H2,1H3,(H,25,27). The van der Waals surface area contributed by atoms with E-state index >= 15 is 0 Å². The van der Waals surface area contributed by atoms with Crippen LogP contribution in [0.4, 0.5) is 20.2 Å². The Kier molecular flexibility index (Phi) is 6.47. The number of amides is 1. The first-order valence-corrected chi connectivity index (χ1v) is 10.6. The minimum absolute atomic E-state index is 0.0337. The molecule has 0 atom stereocenters. The molecule has 0 aliphatic carbocycles. The molecule has 1 N–H and O–H groups in total. The maximum atomic E-state index is 13.3. The number of anilines is 2. The lowest BCUT2D eigenvalue weighted by Gasteiger charge is -2.19. The fourth-order valence-electron chi connectivity index (χ4n) is 2.85. The van der Waals surface area contributed by atoms with E-state index in [0.29, 0.717) is 16.9 Å². The Hall–Kier alpha value is -3.26. The van der Waals surface area contributed by atoms with E-state index in [1.54, 1.807) is 36.4 Å². The SMILES string of the molecule is CN(c1ccccc1)S(=O)(=O)c1cccc(NC(=O)CCc2ccc(F)c(F)c2)c1. The Bertz CT molecular complexity index is 1150. The van der Waals surface area contributed by atoms with Crippen LogP contribution < -0.4 is 9.62 Å². The summed E-state index contributed by atoms with van der Waals surface area (Å²) in [5.74, 6) is -2.28. The van der Waals surface area contributed by atoms with E-state index in [1.807, 2.05) is 0 Å². The van der Waals surface area contributed by atoms with Gasteiger partial charge in [0.15, 0.2) is 11.6 Å². The number of carbonyl (C=O) groups excluding carboxylic acids is 1. The Morgan fingerprint density at radius 2 is 1.67 bits per heavy atom. The molecule has 0 spiro atoms. The molecule has 156 valence electrons. The summed E-state index contributed by atoms with van der Waals surface area (Å²) in [5, 5.41) is 2.64. The molecule has 0 fully saturated rings. The van der Waals surface area contributed by atoms with Gasteiger partial charge in [0.05, 0.1) is 10.6 Å². The lowest BCUT2D eigenvalue weighted by molar-refractivity contribution is -0.116. The van der Waals surface area contributed by atoms with Gasteiger partial charge in [-0.25, -0.2) is 17.2 Å². The van der Waals surface area contributed by atoms with Gasteiger partial charge in [-0.3, -0.25) is 9.10 Å². The highest BCUT2D eigenvalue weighted by Crippen LogP contribution is 2.23. The minimum Gasteiger partial charge on any atom is -0.326 e. The first-order valence-electron chi connectivity index (χ1n) is 9.15. The molecule has 0 heterocycles. The van der Waals surface area contributed by atoms with Crippen LogP contribution in [-0.2, 0) is 21.2 Å². The number of nitrogens with one attached hydrogen (secondary N) is 1. The zero-order valence-electron chi connectivity index (χ0n) is 16.2. The van der Waals surface area contributed by atoms with Gasteiger partial charge in [0.1, 0.15) is 0 Å². The van der Waals surface area contributed by atoms with Crippen molar-refractivity contribution in [2.24, 2.45) is 0 Å². The highest BCUT2D eigenvalue weighted by atomic mass is 32.2. The number of hydrogen-bond acceptors (Lipinski definition) is 3. The molecular weight excluding hydrogens is 410 g/mol. The fourth-order valence-corrected chi connectivity index (χ4v) is 4.09. The first-order chi connectivity index (χ1) is 14.3. The van der Waals surface area contributed by atoms with Gasteiger partial charge in [0, 0.05) is 19.2 Å². The van der Waals surface area contributed by atoms with Crippen LogP contribution in [0.25, 0.3) is 0 Å². The van der Waals surface area contributed by atoms with Crippen molar-refractivity contribution in [3.63, 3.8) is 0 Å². The summed E-state index contributed by atoms with van der Waals surface area (Å²) in [4.78, 5) is 12.2. The van der Waals surface area contributed by atoms with Gasteiger partial charge in [0.25, 0.3) is 10.0 Å². The zero-order chi connectivity index (χ0) is 21.7. The molecule has 0 unspecified atom stereocenters. The minimum atomic E-state index is -3.81. The normalized spacial score (nSPS) is 11.2. The molecule has 3 aromatic carbocycles. The molecule has 0 bridgehead atoms. The number of benzene rings is 3. The second-order valence-electron chi connectivity index (χ2n) is 6.63. The molecule has 0 saturated heterocycles. The van der Waals surface area contributed by atoms with Crippen LogP contribution in [0.3, 0.4) is 0 Å². The van der Waals surface area contributed by atoms with Crippen LogP contribution in [0.2, 0.25) is 0 Å². The van der Waals surface area contributed by atoms with Crippen molar-refractivity contribution in [2.45, 2.75) is 17.7 Å². The molecule has 0 aliphatic heterocycles. The number of aryl methyl sites for hydroxylation is 1. The predicted octanol–water partition coefficient (Wildman–Crippen LogP) is 4.36. The number of nitrogens with zero attached hydrogens (tertiary/aromatic N) is 1. The van der Waals surface area contributed by atoms with Crippen LogP contribution in [-0.4, -0.2) is 21.4 Å². The maximum absolute atomic E-state index is 13.3. The third-order valence-corrected chi connectivity index (χ3v) is 6.30. The Labute approximate surface area is 174 Å². The molecule has 30 heavy (non-hydrogen) atoms. The van der Waals surface area contributed by atoms with Crippen LogP contribution in [0.1, 0.15) is 12.0 Å². The summed E-state index contributed by atoms with van der Waals surface area (Å²) in [5.41, 5.74) is 1.33. The lowest BCUT2D eigenvalue weighted by atomic mass is 10.1. The van der Waals surface area contributed by atoms with Gasteiger partial charge in [-0.15, -0.1) is 0 Å². The van der Waals surface area contributed by atoms with Crippen molar-refractivity contribution < 1.29 is 22.0 Å². The molecule has 0 radical (unpaired) electrons. The second-order valence-corrected chi connectivity index (χ2v) is 8.60. The van der Waals surface area contributed by atoms with Crippen molar-refractivity contribution in [3.05, 3.63) is 90.0 Å². The van der Waals surface area contributed by atoms with Crippen molar-refractivity contribution in [1.29, 1.82) is 0 Å². The highest BCUT2D eigenvalue weighted by Gasteiger charge is 2.21. The number of halogens is 2. The maximum Gasteiger partial charge on any atom is 0.264 e. The summed E-state index contributed by atoms with van der Waals surface area (Å²) < 4.78 is 53.2. The van der Waals surface area contributed by atoms with E-state index < -0.39 is 21.7 Å². The van der Waals surface area contributed by atoms with Crippen LogP contribution in [0.5, 0.6) is 0 Å². The number of carbonyl (C=O) groups is 1. The number of hydrogen-bond donors (Lipinski definition) is 1. The lowest BCUT2D eigenvalue weighted by Crippen LogP contribution is -2.26. The van der Waals surface area contributed by atoms with Gasteiger partial charge in [0.2, 0.25) is 5.91 Å². The molecule has 0 aliphatic rings. The van der Waals surface area contributed by atoms with Gasteiger partial charge in [-0.05, 0) is 54.4 Å². The predicted molar refractivity (Wildman–Crippen MR) is 112 cm³/mol. The molecule has 8 heteroatoms. The molecule has 0 saturated carbocycles. The summed E-state index contributed by atoms with van der Waals surface area (Å²) in [6, 6.07) is 18.1. The largest absolute Gasteiger partial charge is 0.326 e. The zero-order valence-corrected chi connectivity index (χ0v) is 17.0. The van der Waals surface area contributed by atoms with Gasteiger partial charge < -0.3 is 5.32 Å². The molecule has 3 aromatic rings. The van der Waals surface area contributed by atoms with E-state index in [9.17, 15) is 22.0 Å². The third kappa shape index (κ3) is 5.01. The van der Waals surface area contributed by atoms with Gasteiger partial charge in [-0.1, -0.05) is 30.3 Å². The molecule has 1 amide bonds. The van der Waals surface area contributed by atoms with E-state index in [-0.39, 0.29) is 23.6 Å². The number of sulfonamides is 1. The fraction of sp³-hybridized carbons (Fsp3) is 0.136. The number of rotatable bonds is 7. The summed E-state index contributed by atoms with van der Waals surface area (Å²) in [6.07, 6.45) is 0.254. The first kappa shape index (κ1) is 21.4. The van der Waals surface area contributed by atoms with Gasteiger partial charge in [-0.2, -0.15) is 0 Å². The molecular formula is C22H20F2N2O3S. The number of para-hydroxylation sites is 1. The summed E-state index contributed by atoms with van der Waals surface area (Å²) >= 11 is 0. The van der Waals surface area contributed by atoms with E-state index in [4.69, 9.17) is 0 Å². The average molecular weight is 430 g/mol. The molecule has 5 nitrogen and oxygen atoms in total. The summed E-state index contributed by atoms with van der Waals surface area (Å²) in [6.45, 7) is 0. The quantitative estimate of drug-likeness (QED) is 0.606. The van der Waals surface area contributed by atoms with Crippen molar-refractivity contribution in [2.75, 3.05) is 16.7 Å². The van der Waals surface area contributed by atoms with Crippen molar-refractivity contribution >= 4 is 27.3 Å². The van der Waals surface area contributed by atoms with Crippen LogP contribution in [0, 0.1) is 11.6 Å². The second kappa shape index (κ2) is 9.04. The Morgan fingerprint density at radius 1 is 0.933 bits per heavy atom.